The molecule has 1 atom stereocenters. The maximum absolute atomic E-state index is 13.2. The van der Waals surface area contributed by atoms with E-state index in [1.807, 2.05) is 43.2 Å². The van der Waals surface area contributed by atoms with Crippen molar-refractivity contribution in [2.24, 2.45) is 0 Å². The predicted octanol–water partition coefficient (Wildman–Crippen LogP) is 3.55. The highest BCUT2D eigenvalue weighted by Crippen LogP contribution is 2.35. The van der Waals surface area contributed by atoms with E-state index >= 15 is 0 Å². The number of carbonyl (C=O) groups is 1. The van der Waals surface area contributed by atoms with E-state index in [0.717, 1.165) is 35.6 Å². The third kappa shape index (κ3) is 3.10. The van der Waals surface area contributed by atoms with Crippen LogP contribution in [0.3, 0.4) is 0 Å². The molecule has 0 N–H and O–H groups in total. The molecular formula is C20H23N5OS. The van der Waals surface area contributed by atoms with E-state index < -0.39 is 0 Å². The van der Waals surface area contributed by atoms with Crippen LogP contribution in [0.15, 0.2) is 29.4 Å². The van der Waals surface area contributed by atoms with E-state index in [-0.39, 0.29) is 5.91 Å². The van der Waals surface area contributed by atoms with Crippen molar-refractivity contribution in [1.29, 1.82) is 0 Å². The Morgan fingerprint density at radius 3 is 2.81 bits per heavy atom. The summed E-state index contributed by atoms with van der Waals surface area (Å²) < 4.78 is 1.74. The zero-order chi connectivity index (χ0) is 19.1. The number of fused-ring (bicyclic) bond motifs is 2. The lowest BCUT2D eigenvalue weighted by Gasteiger charge is -2.33. The summed E-state index contributed by atoms with van der Waals surface area (Å²) >= 11 is 1.49. The minimum Gasteiger partial charge on any atom is -0.312 e. The fraction of sp³-hybridized carbons (Fsp3) is 0.400. The van der Waals surface area contributed by atoms with Crippen LogP contribution in [0.1, 0.15) is 41.8 Å². The average molecular weight is 382 g/mol. The minimum absolute atomic E-state index is 0.104. The van der Waals surface area contributed by atoms with Crippen molar-refractivity contribution >= 4 is 29.1 Å². The number of aromatic nitrogens is 4. The topological polar surface area (TPSA) is 63.4 Å². The minimum atomic E-state index is 0.104. The lowest BCUT2D eigenvalue weighted by Crippen LogP contribution is -2.37. The fourth-order valence-corrected chi connectivity index (χ4v) is 4.12. The van der Waals surface area contributed by atoms with Gasteiger partial charge in [0.15, 0.2) is 0 Å². The van der Waals surface area contributed by atoms with E-state index in [9.17, 15) is 4.79 Å². The number of carbonyl (C=O) groups excluding carboxylic acids is 1. The van der Waals surface area contributed by atoms with Crippen molar-refractivity contribution < 1.29 is 4.79 Å². The maximum Gasteiger partial charge on any atom is 0.253 e. The molecule has 1 amide bonds. The molecule has 6 nitrogen and oxygen atoms in total. The van der Waals surface area contributed by atoms with Crippen molar-refractivity contribution in [2.75, 3.05) is 17.7 Å². The first-order valence-corrected chi connectivity index (χ1v) is 10.4. The summed E-state index contributed by atoms with van der Waals surface area (Å²) in [7, 11) is 0. The highest BCUT2D eigenvalue weighted by molar-refractivity contribution is 7.98. The summed E-state index contributed by atoms with van der Waals surface area (Å²) in [6, 6.07) is 8.22. The molecule has 1 aliphatic rings. The Morgan fingerprint density at radius 2 is 2.04 bits per heavy atom. The highest BCUT2D eigenvalue weighted by atomic mass is 32.2. The van der Waals surface area contributed by atoms with Gasteiger partial charge < -0.3 is 4.90 Å². The summed E-state index contributed by atoms with van der Waals surface area (Å²) in [4.78, 5) is 24.1. The molecule has 1 aliphatic heterocycles. The standard InChI is InChI=1S/C20H23N5OS/c1-12-9-10-24(17-8-6-5-7-15(12)17)18(26)11-16-13(2)21-19-22-20(27-4)23-25(19)14(16)3/h5-8,12H,9-11H2,1-4H3/t12-/m1/s1. The van der Waals surface area contributed by atoms with Gasteiger partial charge in [0.25, 0.3) is 5.78 Å². The third-order valence-corrected chi connectivity index (χ3v) is 5.92. The van der Waals surface area contributed by atoms with Gasteiger partial charge in [-0.3, -0.25) is 4.79 Å². The molecule has 2 aromatic heterocycles. The van der Waals surface area contributed by atoms with Crippen LogP contribution in [0.4, 0.5) is 5.69 Å². The largest absolute Gasteiger partial charge is 0.312 e. The Bertz CT molecular complexity index is 1030. The van der Waals surface area contributed by atoms with Crippen molar-refractivity contribution in [3.8, 4) is 0 Å². The molecule has 0 saturated heterocycles. The SMILES string of the molecule is CSc1nc2nc(C)c(CC(=O)N3CC[C@@H](C)c4ccccc43)c(C)n2n1. The summed E-state index contributed by atoms with van der Waals surface area (Å²) in [6.07, 6.45) is 3.24. The molecule has 7 heteroatoms. The second-order valence-electron chi connectivity index (χ2n) is 7.04. The van der Waals surface area contributed by atoms with Gasteiger partial charge in [-0.25, -0.2) is 9.50 Å². The van der Waals surface area contributed by atoms with E-state index in [0.29, 0.717) is 23.3 Å². The van der Waals surface area contributed by atoms with Gasteiger partial charge in [-0.2, -0.15) is 4.98 Å². The van der Waals surface area contributed by atoms with Crippen LogP contribution in [-0.4, -0.2) is 38.3 Å². The van der Waals surface area contributed by atoms with E-state index in [4.69, 9.17) is 0 Å². The van der Waals surface area contributed by atoms with Crippen LogP contribution in [0.25, 0.3) is 5.78 Å². The van der Waals surface area contributed by atoms with Crippen molar-refractivity contribution in [3.05, 3.63) is 46.8 Å². The smallest absolute Gasteiger partial charge is 0.253 e. The highest BCUT2D eigenvalue weighted by Gasteiger charge is 2.27. The first kappa shape index (κ1) is 18.0. The number of hydrogen-bond acceptors (Lipinski definition) is 5. The van der Waals surface area contributed by atoms with Crippen molar-refractivity contribution in [3.63, 3.8) is 0 Å². The number of nitrogens with zero attached hydrogens (tertiary/aromatic N) is 5. The molecule has 3 heterocycles. The van der Waals surface area contributed by atoms with Crippen molar-refractivity contribution in [1.82, 2.24) is 19.6 Å². The molecule has 0 fully saturated rings. The zero-order valence-electron chi connectivity index (χ0n) is 16.1. The Balaban J connectivity index is 1.68. The second-order valence-corrected chi connectivity index (χ2v) is 7.82. The molecule has 0 bridgehead atoms. The summed E-state index contributed by atoms with van der Waals surface area (Å²) in [5.41, 5.74) is 4.99. The number of anilines is 1. The van der Waals surface area contributed by atoms with E-state index in [1.165, 1.54) is 17.3 Å². The number of amides is 1. The lowest BCUT2D eigenvalue weighted by molar-refractivity contribution is -0.118. The summed E-state index contributed by atoms with van der Waals surface area (Å²) in [5.74, 6) is 1.17. The molecule has 0 saturated carbocycles. The van der Waals surface area contributed by atoms with Crippen LogP contribution in [0.2, 0.25) is 0 Å². The predicted molar refractivity (Wildman–Crippen MR) is 108 cm³/mol. The van der Waals surface area contributed by atoms with Crippen LogP contribution in [-0.2, 0) is 11.2 Å². The first-order chi connectivity index (χ1) is 13.0. The monoisotopic (exact) mass is 381 g/mol. The van der Waals surface area contributed by atoms with Crippen LogP contribution < -0.4 is 4.90 Å². The van der Waals surface area contributed by atoms with Gasteiger partial charge in [-0.05, 0) is 44.1 Å². The Morgan fingerprint density at radius 1 is 1.26 bits per heavy atom. The van der Waals surface area contributed by atoms with Crippen LogP contribution >= 0.6 is 11.8 Å². The molecule has 0 aliphatic carbocycles. The van der Waals surface area contributed by atoms with Crippen LogP contribution in [0.5, 0.6) is 0 Å². The number of aryl methyl sites for hydroxylation is 2. The number of rotatable bonds is 3. The molecule has 27 heavy (non-hydrogen) atoms. The quantitative estimate of drug-likeness (QED) is 0.649. The first-order valence-electron chi connectivity index (χ1n) is 9.15. The molecule has 0 radical (unpaired) electrons. The molecule has 4 rings (SSSR count). The fourth-order valence-electron chi connectivity index (χ4n) is 3.79. The van der Waals surface area contributed by atoms with E-state index in [1.54, 1.807) is 4.52 Å². The number of thioether (sulfide) groups is 1. The number of benzene rings is 1. The maximum atomic E-state index is 13.2. The van der Waals surface area contributed by atoms with Gasteiger partial charge >= 0.3 is 0 Å². The van der Waals surface area contributed by atoms with Gasteiger partial charge in [0.1, 0.15) is 0 Å². The number of hydrogen-bond donors (Lipinski definition) is 0. The average Bonchev–Trinajstić information content (AvgIpc) is 3.09. The Kier molecular flexibility index (Phi) is 4.63. The van der Waals surface area contributed by atoms with Gasteiger partial charge in [-0.15, -0.1) is 5.10 Å². The second kappa shape index (κ2) is 6.96. The van der Waals surface area contributed by atoms with E-state index in [2.05, 4.69) is 28.1 Å². The van der Waals surface area contributed by atoms with Crippen LogP contribution in [0, 0.1) is 13.8 Å². The number of para-hydroxylation sites is 1. The Labute approximate surface area is 163 Å². The van der Waals surface area contributed by atoms with Crippen molar-refractivity contribution in [2.45, 2.75) is 44.7 Å². The summed E-state index contributed by atoms with van der Waals surface area (Å²) in [6.45, 7) is 6.90. The zero-order valence-corrected chi connectivity index (χ0v) is 16.9. The molecular weight excluding hydrogens is 358 g/mol. The summed E-state index contributed by atoms with van der Waals surface area (Å²) in [5, 5.41) is 5.17. The molecule has 140 valence electrons. The molecule has 3 aromatic rings. The molecule has 1 aromatic carbocycles. The third-order valence-electron chi connectivity index (χ3n) is 5.39. The lowest BCUT2D eigenvalue weighted by atomic mass is 9.91. The normalized spacial score (nSPS) is 16.6. The van der Waals surface area contributed by atoms with Gasteiger partial charge in [0.2, 0.25) is 11.1 Å². The molecule has 0 unspecified atom stereocenters. The van der Waals surface area contributed by atoms with Gasteiger partial charge in [-0.1, -0.05) is 36.9 Å². The van der Waals surface area contributed by atoms with Gasteiger partial charge in [0.05, 0.1) is 6.42 Å². The molecule has 0 spiro atoms. The Hall–Kier alpha value is -2.41. The van der Waals surface area contributed by atoms with Gasteiger partial charge in [0, 0.05) is 29.2 Å².